The van der Waals surface area contributed by atoms with E-state index in [2.05, 4.69) is 16.2 Å². The number of aromatic nitrogens is 2. The first-order chi connectivity index (χ1) is 11.7. The number of hydrogen-bond donors (Lipinski definition) is 0. The van der Waals surface area contributed by atoms with Crippen molar-refractivity contribution in [1.29, 1.82) is 0 Å². The molecule has 2 aromatic carbocycles. The molecule has 2 heterocycles. The highest BCUT2D eigenvalue weighted by Crippen LogP contribution is 2.28. The van der Waals surface area contributed by atoms with Gasteiger partial charge in [-0.05, 0) is 36.6 Å². The van der Waals surface area contributed by atoms with E-state index in [1.165, 1.54) is 5.56 Å². The number of carbonyl (C=O) groups excluding carboxylic acids is 1. The van der Waals surface area contributed by atoms with Crippen LogP contribution in [0.15, 0.2) is 53.1 Å². The standard InChI is InChI=1S/C19H17N3O2/c1-13-20-18(21-24-13)15-7-4-8-16(12-15)19(23)22-11-5-9-14-6-2-3-10-17(14)22/h2-4,6-8,10,12H,5,9,11H2,1H3. The highest BCUT2D eigenvalue weighted by Gasteiger charge is 2.23. The molecule has 0 unspecified atom stereocenters. The van der Waals surface area contributed by atoms with Crippen molar-refractivity contribution in [1.82, 2.24) is 10.1 Å². The zero-order valence-electron chi connectivity index (χ0n) is 13.4. The first-order valence-electron chi connectivity index (χ1n) is 8.03. The highest BCUT2D eigenvalue weighted by molar-refractivity contribution is 6.07. The van der Waals surface area contributed by atoms with Gasteiger partial charge in [-0.2, -0.15) is 4.98 Å². The monoisotopic (exact) mass is 319 g/mol. The molecule has 0 aliphatic carbocycles. The minimum Gasteiger partial charge on any atom is -0.339 e. The van der Waals surface area contributed by atoms with Gasteiger partial charge in [-0.15, -0.1) is 0 Å². The molecule has 1 aromatic heterocycles. The van der Waals surface area contributed by atoms with Gasteiger partial charge in [-0.25, -0.2) is 0 Å². The molecule has 5 heteroatoms. The Kier molecular flexibility index (Phi) is 3.61. The molecule has 0 fully saturated rings. The molecule has 0 radical (unpaired) electrons. The van der Waals surface area contributed by atoms with Gasteiger partial charge in [0.1, 0.15) is 0 Å². The lowest BCUT2D eigenvalue weighted by molar-refractivity contribution is 0.0985. The van der Waals surface area contributed by atoms with Crippen LogP contribution in [-0.4, -0.2) is 22.6 Å². The molecule has 0 N–H and O–H groups in total. The fourth-order valence-electron chi connectivity index (χ4n) is 3.11. The summed E-state index contributed by atoms with van der Waals surface area (Å²) in [4.78, 5) is 19.1. The first kappa shape index (κ1) is 14.6. The van der Waals surface area contributed by atoms with E-state index in [1.807, 2.05) is 47.4 Å². The summed E-state index contributed by atoms with van der Waals surface area (Å²) in [5.41, 5.74) is 3.64. The van der Waals surface area contributed by atoms with E-state index in [0.717, 1.165) is 30.6 Å². The van der Waals surface area contributed by atoms with Crippen molar-refractivity contribution >= 4 is 11.6 Å². The molecule has 3 aromatic rings. The van der Waals surface area contributed by atoms with Crippen molar-refractivity contribution in [2.24, 2.45) is 0 Å². The molecular weight excluding hydrogens is 302 g/mol. The van der Waals surface area contributed by atoms with E-state index >= 15 is 0 Å². The average Bonchev–Trinajstić information content (AvgIpc) is 3.07. The maximum atomic E-state index is 13.0. The zero-order valence-corrected chi connectivity index (χ0v) is 13.4. The van der Waals surface area contributed by atoms with Crippen molar-refractivity contribution in [3.63, 3.8) is 0 Å². The minimum atomic E-state index is 0.00390. The number of fused-ring (bicyclic) bond motifs is 1. The van der Waals surface area contributed by atoms with E-state index in [4.69, 9.17) is 4.52 Å². The molecule has 0 saturated heterocycles. The van der Waals surface area contributed by atoms with Crippen molar-refractivity contribution in [3.8, 4) is 11.4 Å². The predicted octanol–water partition coefficient (Wildman–Crippen LogP) is 3.64. The number of nitrogens with zero attached hydrogens (tertiary/aromatic N) is 3. The van der Waals surface area contributed by atoms with Crippen LogP contribution >= 0.6 is 0 Å². The maximum absolute atomic E-state index is 13.0. The smallest absolute Gasteiger partial charge is 0.258 e. The molecule has 0 bridgehead atoms. The van der Waals surface area contributed by atoms with Gasteiger partial charge >= 0.3 is 0 Å². The van der Waals surface area contributed by atoms with Gasteiger partial charge in [0.05, 0.1) is 0 Å². The van der Waals surface area contributed by atoms with Crippen LogP contribution in [0.2, 0.25) is 0 Å². The largest absolute Gasteiger partial charge is 0.339 e. The van der Waals surface area contributed by atoms with Crippen LogP contribution in [0.1, 0.15) is 28.2 Å². The van der Waals surface area contributed by atoms with E-state index in [9.17, 15) is 4.79 Å². The van der Waals surface area contributed by atoms with Gasteiger partial charge in [-0.1, -0.05) is 35.5 Å². The van der Waals surface area contributed by atoms with Crippen molar-refractivity contribution in [2.45, 2.75) is 19.8 Å². The molecule has 120 valence electrons. The second kappa shape index (κ2) is 5.92. The summed E-state index contributed by atoms with van der Waals surface area (Å²) >= 11 is 0. The van der Waals surface area contributed by atoms with Crippen molar-refractivity contribution in [2.75, 3.05) is 11.4 Å². The van der Waals surface area contributed by atoms with Gasteiger partial charge in [0.15, 0.2) is 0 Å². The summed E-state index contributed by atoms with van der Waals surface area (Å²) < 4.78 is 5.03. The predicted molar refractivity (Wildman–Crippen MR) is 90.9 cm³/mol. The number of carbonyl (C=O) groups is 1. The molecule has 5 nitrogen and oxygen atoms in total. The molecule has 0 spiro atoms. The first-order valence-corrected chi connectivity index (χ1v) is 8.03. The summed E-state index contributed by atoms with van der Waals surface area (Å²) in [6.45, 7) is 2.48. The van der Waals surface area contributed by atoms with Crippen LogP contribution in [0.5, 0.6) is 0 Å². The summed E-state index contributed by atoms with van der Waals surface area (Å²) in [5.74, 6) is 1.01. The van der Waals surface area contributed by atoms with Gasteiger partial charge in [0.2, 0.25) is 11.7 Å². The number of para-hydroxylation sites is 1. The Morgan fingerprint density at radius 1 is 1.17 bits per heavy atom. The molecular formula is C19H17N3O2. The second-order valence-electron chi connectivity index (χ2n) is 5.91. The third-order valence-electron chi connectivity index (χ3n) is 4.25. The Balaban J connectivity index is 1.69. The number of benzene rings is 2. The average molecular weight is 319 g/mol. The minimum absolute atomic E-state index is 0.00390. The maximum Gasteiger partial charge on any atom is 0.258 e. The van der Waals surface area contributed by atoms with Gasteiger partial charge in [-0.3, -0.25) is 4.79 Å². The van der Waals surface area contributed by atoms with Gasteiger partial charge < -0.3 is 9.42 Å². The normalized spacial score (nSPS) is 13.6. The van der Waals surface area contributed by atoms with Crippen LogP contribution in [0.25, 0.3) is 11.4 Å². The quantitative estimate of drug-likeness (QED) is 0.723. The molecule has 1 aliphatic heterocycles. The van der Waals surface area contributed by atoms with Gasteiger partial charge in [0.25, 0.3) is 5.91 Å². The van der Waals surface area contributed by atoms with E-state index in [1.54, 1.807) is 6.92 Å². The lowest BCUT2D eigenvalue weighted by atomic mass is 10.0. The number of aryl methyl sites for hydroxylation is 2. The van der Waals surface area contributed by atoms with E-state index in [-0.39, 0.29) is 5.91 Å². The summed E-state index contributed by atoms with van der Waals surface area (Å²) in [5, 5.41) is 3.92. The fourth-order valence-corrected chi connectivity index (χ4v) is 3.11. The summed E-state index contributed by atoms with van der Waals surface area (Å²) in [7, 11) is 0. The SMILES string of the molecule is Cc1nc(-c2cccc(C(=O)N3CCCc4ccccc43)c2)no1. The Bertz CT molecular complexity index is 901. The van der Waals surface area contributed by atoms with Crippen molar-refractivity contribution in [3.05, 3.63) is 65.5 Å². The van der Waals surface area contributed by atoms with E-state index in [0.29, 0.717) is 17.3 Å². The number of anilines is 1. The molecule has 1 aliphatic rings. The Morgan fingerprint density at radius 2 is 2.04 bits per heavy atom. The lowest BCUT2D eigenvalue weighted by Crippen LogP contribution is -2.35. The molecule has 0 atom stereocenters. The second-order valence-corrected chi connectivity index (χ2v) is 5.91. The Labute approximate surface area is 139 Å². The Hall–Kier alpha value is -2.95. The third kappa shape index (κ3) is 2.58. The fraction of sp³-hybridized carbons (Fsp3) is 0.211. The highest BCUT2D eigenvalue weighted by atomic mass is 16.5. The molecule has 4 rings (SSSR count). The molecule has 24 heavy (non-hydrogen) atoms. The topological polar surface area (TPSA) is 59.2 Å². The van der Waals surface area contributed by atoms with Gasteiger partial charge in [0, 0.05) is 30.3 Å². The van der Waals surface area contributed by atoms with Crippen LogP contribution in [0.3, 0.4) is 0 Å². The number of hydrogen-bond acceptors (Lipinski definition) is 4. The summed E-state index contributed by atoms with van der Waals surface area (Å²) in [6, 6.07) is 15.5. The lowest BCUT2D eigenvalue weighted by Gasteiger charge is -2.29. The van der Waals surface area contributed by atoms with Crippen LogP contribution in [-0.2, 0) is 6.42 Å². The number of rotatable bonds is 2. The Morgan fingerprint density at radius 3 is 2.88 bits per heavy atom. The van der Waals surface area contributed by atoms with Crippen LogP contribution in [0, 0.1) is 6.92 Å². The summed E-state index contributed by atoms with van der Waals surface area (Å²) in [6.07, 6.45) is 1.99. The van der Waals surface area contributed by atoms with E-state index < -0.39 is 0 Å². The number of amides is 1. The zero-order chi connectivity index (χ0) is 16.5. The molecule has 0 saturated carbocycles. The molecule has 1 amide bonds. The third-order valence-corrected chi connectivity index (χ3v) is 4.25. The van der Waals surface area contributed by atoms with Crippen molar-refractivity contribution < 1.29 is 9.32 Å². The van der Waals surface area contributed by atoms with Crippen LogP contribution in [0.4, 0.5) is 5.69 Å². The van der Waals surface area contributed by atoms with Crippen LogP contribution < -0.4 is 4.90 Å².